The van der Waals surface area contributed by atoms with Gasteiger partial charge in [-0.1, -0.05) is 0 Å². The molecule has 0 aromatic heterocycles. The van der Waals surface area contributed by atoms with Gasteiger partial charge in [-0.2, -0.15) is 4.31 Å². The molecule has 0 bridgehead atoms. The average Bonchev–Trinajstić information content (AvgIpc) is 3.26. The summed E-state index contributed by atoms with van der Waals surface area (Å²) in [6.07, 6.45) is 2.91. The largest absolute Gasteiger partial charge is 0.309 e. The van der Waals surface area contributed by atoms with Gasteiger partial charge in [0, 0.05) is 31.7 Å². The highest BCUT2D eigenvalue weighted by Crippen LogP contribution is 2.38. The first kappa shape index (κ1) is 16.5. The molecule has 1 amide bonds. The van der Waals surface area contributed by atoms with Crippen molar-refractivity contribution in [2.24, 2.45) is 5.92 Å². The Balaban J connectivity index is 1.93. The quantitative estimate of drug-likeness (QED) is 0.848. The summed E-state index contributed by atoms with van der Waals surface area (Å²) in [5.41, 5.74) is 1.77. The third-order valence-corrected chi connectivity index (χ3v) is 7.10. The van der Waals surface area contributed by atoms with E-state index in [0.29, 0.717) is 17.2 Å². The first-order valence-electron chi connectivity index (χ1n) is 8.14. The lowest BCUT2D eigenvalue weighted by Gasteiger charge is -2.24. The third-order valence-electron chi connectivity index (χ3n) is 5.16. The molecule has 1 aromatic carbocycles. The van der Waals surface area contributed by atoms with Crippen LogP contribution in [0.25, 0.3) is 0 Å². The zero-order valence-electron chi connectivity index (χ0n) is 14.1. The summed E-state index contributed by atoms with van der Waals surface area (Å²) in [4.78, 5) is 13.8. The van der Waals surface area contributed by atoms with Gasteiger partial charge in [0.1, 0.15) is 0 Å². The van der Waals surface area contributed by atoms with E-state index in [1.165, 1.54) is 4.31 Å². The molecule has 1 aliphatic heterocycles. The van der Waals surface area contributed by atoms with Crippen LogP contribution in [0.15, 0.2) is 23.1 Å². The lowest BCUT2D eigenvalue weighted by atomic mass is 10.1. The van der Waals surface area contributed by atoms with Crippen molar-refractivity contribution in [1.82, 2.24) is 4.31 Å². The molecule has 1 aliphatic carbocycles. The maximum Gasteiger partial charge on any atom is 0.243 e. The monoisotopic (exact) mass is 336 g/mol. The maximum atomic E-state index is 12.8. The van der Waals surface area contributed by atoms with E-state index in [-0.39, 0.29) is 18.0 Å². The van der Waals surface area contributed by atoms with Gasteiger partial charge in [-0.3, -0.25) is 4.79 Å². The van der Waals surface area contributed by atoms with Gasteiger partial charge >= 0.3 is 0 Å². The van der Waals surface area contributed by atoms with Crippen molar-refractivity contribution < 1.29 is 13.2 Å². The molecule has 1 saturated carbocycles. The summed E-state index contributed by atoms with van der Waals surface area (Å²) in [6.45, 7) is 5.50. The van der Waals surface area contributed by atoms with Crippen molar-refractivity contribution in [3.63, 3.8) is 0 Å². The van der Waals surface area contributed by atoms with Crippen molar-refractivity contribution in [2.45, 2.75) is 57.0 Å². The molecule has 5 nitrogen and oxygen atoms in total. The van der Waals surface area contributed by atoms with Gasteiger partial charge < -0.3 is 4.90 Å². The van der Waals surface area contributed by atoms with Crippen molar-refractivity contribution in [3.05, 3.63) is 23.8 Å². The summed E-state index contributed by atoms with van der Waals surface area (Å²) < 4.78 is 27.2. The fourth-order valence-corrected chi connectivity index (χ4v) is 4.98. The van der Waals surface area contributed by atoms with Gasteiger partial charge in [-0.15, -0.1) is 0 Å². The SMILES string of the molecule is CC(=O)N1c2ccc(S(=O)(=O)N(C)C(C)C3CC3)cc2CC1C. The predicted molar refractivity (Wildman–Crippen MR) is 89.9 cm³/mol. The highest BCUT2D eigenvalue weighted by atomic mass is 32.2. The molecular weight excluding hydrogens is 312 g/mol. The summed E-state index contributed by atoms with van der Waals surface area (Å²) in [5.74, 6) is 0.476. The van der Waals surface area contributed by atoms with Crippen LogP contribution in [0.5, 0.6) is 0 Å². The number of carbonyl (C=O) groups is 1. The molecule has 1 fully saturated rings. The average molecular weight is 336 g/mol. The number of hydrogen-bond donors (Lipinski definition) is 0. The minimum atomic E-state index is -3.49. The van der Waals surface area contributed by atoms with Crippen LogP contribution in [-0.4, -0.2) is 37.8 Å². The van der Waals surface area contributed by atoms with Crippen LogP contribution in [0.1, 0.15) is 39.2 Å². The number of fused-ring (bicyclic) bond motifs is 1. The molecule has 0 saturated heterocycles. The molecule has 2 aliphatic rings. The van der Waals surface area contributed by atoms with Crippen LogP contribution < -0.4 is 4.90 Å². The Labute approximate surface area is 138 Å². The molecule has 2 atom stereocenters. The Morgan fingerprint density at radius 3 is 2.57 bits per heavy atom. The fraction of sp³-hybridized carbons (Fsp3) is 0.588. The van der Waals surface area contributed by atoms with Crippen molar-refractivity contribution in [3.8, 4) is 0 Å². The van der Waals surface area contributed by atoms with Crippen LogP contribution in [0.4, 0.5) is 5.69 Å². The molecule has 3 rings (SSSR count). The second-order valence-corrected chi connectivity index (χ2v) is 8.83. The number of sulfonamides is 1. The number of nitrogens with zero attached hydrogens (tertiary/aromatic N) is 2. The highest BCUT2D eigenvalue weighted by molar-refractivity contribution is 7.89. The van der Waals surface area contributed by atoms with E-state index in [2.05, 4.69) is 0 Å². The predicted octanol–water partition coefficient (Wildman–Crippen LogP) is 2.40. The van der Waals surface area contributed by atoms with E-state index in [4.69, 9.17) is 0 Å². The van der Waals surface area contributed by atoms with E-state index in [1.54, 1.807) is 37.1 Å². The van der Waals surface area contributed by atoms with Crippen LogP contribution in [0.3, 0.4) is 0 Å². The fourth-order valence-electron chi connectivity index (χ4n) is 3.51. The highest BCUT2D eigenvalue weighted by Gasteiger charge is 2.37. The number of amides is 1. The number of anilines is 1. The van der Waals surface area contributed by atoms with Gasteiger partial charge in [0.2, 0.25) is 15.9 Å². The van der Waals surface area contributed by atoms with E-state index in [1.807, 2.05) is 13.8 Å². The van der Waals surface area contributed by atoms with Crippen LogP contribution in [0.2, 0.25) is 0 Å². The molecule has 0 radical (unpaired) electrons. The number of benzene rings is 1. The van der Waals surface area contributed by atoms with E-state index >= 15 is 0 Å². The summed E-state index contributed by atoms with van der Waals surface area (Å²) in [6, 6.07) is 5.23. The van der Waals surface area contributed by atoms with Crippen LogP contribution in [0, 0.1) is 5.92 Å². The van der Waals surface area contributed by atoms with Gasteiger partial charge in [0.25, 0.3) is 0 Å². The Hall–Kier alpha value is -1.40. The Morgan fingerprint density at radius 1 is 1.35 bits per heavy atom. The topological polar surface area (TPSA) is 57.7 Å². The van der Waals surface area contributed by atoms with Gasteiger partial charge in [0.15, 0.2) is 0 Å². The molecule has 1 heterocycles. The summed E-state index contributed by atoms with van der Waals surface area (Å²) in [7, 11) is -1.83. The molecule has 0 spiro atoms. The minimum absolute atomic E-state index is 0.00803. The molecule has 2 unspecified atom stereocenters. The molecule has 1 aromatic rings. The standard InChI is InChI=1S/C17H24N2O3S/c1-11-9-15-10-16(7-8-17(15)19(11)13(3)20)23(21,22)18(4)12(2)14-5-6-14/h7-8,10-12,14H,5-6,9H2,1-4H3. The van der Waals surface area contributed by atoms with Crippen LogP contribution >= 0.6 is 0 Å². The number of carbonyl (C=O) groups excluding carboxylic acids is 1. The second-order valence-electron chi connectivity index (χ2n) is 6.83. The Morgan fingerprint density at radius 2 is 2.00 bits per heavy atom. The maximum absolute atomic E-state index is 12.8. The Bertz CT molecular complexity index is 740. The minimum Gasteiger partial charge on any atom is -0.309 e. The van der Waals surface area contributed by atoms with Gasteiger partial charge in [0.05, 0.1) is 4.90 Å². The molecule has 0 N–H and O–H groups in total. The number of rotatable bonds is 4. The molecular formula is C17H24N2O3S. The van der Waals surface area contributed by atoms with Crippen molar-refractivity contribution in [2.75, 3.05) is 11.9 Å². The zero-order chi connectivity index (χ0) is 16.9. The molecule has 6 heteroatoms. The second kappa shape index (κ2) is 5.60. The lowest BCUT2D eigenvalue weighted by Crippen LogP contribution is -2.36. The lowest BCUT2D eigenvalue weighted by molar-refractivity contribution is -0.116. The normalized spacial score (nSPS) is 22.3. The van der Waals surface area contributed by atoms with E-state index in [9.17, 15) is 13.2 Å². The van der Waals surface area contributed by atoms with Crippen molar-refractivity contribution >= 4 is 21.6 Å². The molecule has 126 valence electrons. The van der Waals surface area contributed by atoms with Crippen LogP contribution in [-0.2, 0) is 21.2 Å². The van der Waals surface area contributed by atoms with E-state index < -0.39 is 10.0 Å². The van der Waals surface area contributed by atoms with Crippen molar-refractivity contribution in [1.29, 1.82) is 0 Å². The molecule has 23 heavy (non-hydrogen) atoms. The zero-order valence-corrected chi connectivity index (χ0v) is 14.9. The van der Waals surface area contributed by atoms with E-state index in [0.717, 1.165) is 24.1 Å². The smallest absolute Gasteiger partial charge is 0.243 e. The summed E-state index contributed by atoms with van der Waals surface area (Å²) in [5, 5.41) is 0. The first-order chi connectivity index (χ1) is 10.7. The van der Waals surface area contributed by atoms with Gasteiger partial charge in [-0.05, 0) is 62.8 Å². The number of hydrogen-bond acceptors (Lipinski definition) is 3. The first-order valence-corrected chi connectivity index (χ1v) is 9.58. The third kappa shape index (κ3) is 2.78. The summed E-state index contributed by atoms with van der Waals surface area (Å²) >= 11 is 0. The Kier molecular flexibility index (Phi) is 4.01. The van der Waals surface area contributed by atoms with Gasteiger partial charge in [-0.25, -0.2) is 8.42 Å².